The van der Waals surface area contributed by atoms with Gasteiger partial charge in [0.2, 0.25) is 0 Å². The summed E-state index contributed by atoms with van der Waals surface area (Å²) in [4.78, 5) is 25.3. The van der Waals surface area contributed by atoms with Crippen molar-refractivity contribution in [1.82, 2.24) is 10.4 Å². The SMILES string of the molecule is CCc1ccc(/C=C2\SC(=S)N(NC(=O)c3ccccc3O)C2=O)cc1. The quantitative estimate of drug-likeness (QED) is 0.624. The fourth-order valence-electron chi connectivity index (χ4n) is 2.39. The molecule has 26 heavy (non-hydrogen) atoms. The predicted octanol–water partition coefficient (Wildman–Crippen LogP) is 3.50. The van der Waals surface area contributed by atoms with Gasteiger partial charge in [-0.2, -0.15) is 5.01 Å². The van der Waals surface area contributed by atoms with Crippen LogP contribution in [0, 0.1) is 0 Å². The van der Waals surface area contributed by atoms with Gasteiger partial charge in [-0.15, -0.1) is 0 Å². The van der Waals surface area contributed by atoms with E-state index in [1.807, 2.05) is 24.3 Å². The van der Waals surface area contributed by atoms with Crippen molar-refractivity contribution in [2.24, 2.45) is 0 Å². The van der Waals surface area contributed by atoms with Gasteiger partial charge in [-0.3, -0.25) is 15.0 Å². The van der Waals surface area contributed by atoms with Crippen molar-refractivity contribution in [2.45, 2.75) is 13.3 Å². The number of carbonyl (C=O) groups excluding carboxylic acids is 2. The van der Waals surface area contributed by atoms with Gasteiger partial charge >= 0.3 is 0 Å². The largest absolute Gasteiger partial charge is 0.507 e. The van der Waals surface area contributed by atoms with Crippen LogP contribution in [-0.4, -0.2) is 26.3 Å². The van der Waals surface area contributed by atoms with E-state index in [-0.39, 0.29) is 15.6 Å². The van der Waals surface area contributed by atoms with Crippen molar-refractivity contribution in [3.05, 3.63) is 70.1 Å². The third-order valence-corrected chi connectivity index (χ3v) is 5.14. The van der Waals surface area contributed by atoms with Gasteiger partial charge in [-0.1, -0.05) is 55.1 Å². The number of carbonyl (C=O) groups is 2. The van der Waals surface area contributed by atoms with Crippen LogP contribution >= 0.6 is 24.0 Å². The summed E-state index contributed by atoms with van der Waals surface area (Å²) < 4.78 is 0.232. The first-order valence-corrected chi connectivity index (χ1v) is 9.18. The number of hydrogen-bond acceptors (Lipinski definition) is 5. The molecule has 0 bridgehead atoms. The molecule has 0 spiro atoms. The Balaban J connectivity index is 1.77. The minimum Gasteiger partial charge on any atom is -0.507 e. The highest BCUT2D eigenvalue weighted by molar-refractivity contribution is 8.26. The average molecular weight is 384 g/mol. The second kappa shape index (κ2) is 7.72. The van der Waals surface area contributed by atoms with Crippen LogP contribution in [0.5, 0.6) is 5.75 Å². The lowest BCUT2D eigenvalue weighted by Gasteiger charge is -2.16. The van der Waals surface area contributed by atoms with Crippen molar-refractivity contribution in [2.75, 3.05) is 0 Å². The topological polar surface area (TPSA) is 69.6 Å². The van der Waals surface area contributed by atoms with Gasteiger partial charge in [-0.05, 0) is 48.0 Å². The first kappa shape index (κ1) is 18.2. The number of hydrazine groups is 1. The van der Waals surface area contributed by atoms with Crippen molar-refractivity contribution >= 4 is 46.2 Å². The first-order chi connectivity index (χ1) is 12.5. The van der Waals surface area contributed by atoms with Gasteiger partial charge in [0, 0.05) is 0 Å². The van der Waals surface area contributed by atoms with Crippen LogP contribution in [0.4, 0.5) is 0 Å². The van der Waals surface area contributed by atoms with Crippen LogP contribution in [0.2, 0.25) is 0 Å². The molecule has 1 aliphatic rings. The molecule has 0 radical (unpaired) electrons. The molecule has 2 amide bonds. The van der Waals surface area contributed by atoms with Crippen LogP contribution in [0.25, 0.3) is 6.08 Å². The van der Waals surface area contributed by atoms with Gasteiger partial charge in [0.15, 0.2) is 4.32 Å². The maximum atomic E-state index is 12.6. The molecular formula is C19H16N2O3S2. The summed E-state index contributed by atoms with van der Waals surface area (Å²) in [5.41, 5.74) is 4.62. The molecule has 7 heteroatoms. The number of nitrogens with zero attached hydrogens (tertiary/aromatic N) is 1. The molecule has 1 heterocycles. The van der Waals surface area contributed by atoms with Crippen LogP contribution < -0.4 is 5.43 Å². The zero-order chi connectivity index (χ0) is 18.7. The fraction of sp³-hybridized carbons (Fsp3) is 0.105. The highest BCUT2D eigenvalue weighted by Crippen LogP contribution is 2.31. The summed E-state index contributed by atoms with van der Waals surface area (Å²) in [6, 6.07) is 14.0. The number of amides is 2. The lowest BCUT2D eigenvalue weighted by Crippen LogP contribution is -2.44. The Morgan fingerprint density at radius 2 is 1.92 bits per heavy atom. The van der Waals surface area contributed by atoms with Crippen molar-refractivity contribution in [3.63, 3.8) is 0 Å². The number of rotatable bonds is 4. The van der Waals surface area contributed by atoms with E-state index in [9.17, 15) is 14.7 Å². The van der Waals surface area contributed by atoms with Crippen LogP contribution in [0.15, 0.2) is 53.4 Å². The summed E-state index contributed by atoms with van der Waals surface area (Å²) in [7, 11) is 0. The molecule has 5 nitrogen and oxygen atoms in total. The number of phenolic OH excluding ortho intramolecular Hbond substituents is 1. The van der Waals surface area contributed by atoms with Gasteiger partial charge < -0.3 is 5.11 Å². The molecule has 0 aliphatic carbocycles. The van der Waals surface area contributed by atoms with Gasteiger partial charge in [0.05, 0.1) is 10.5 Å². The number of thioether (sulfide) groups is 1. The van der Waals surface area contributed by atoms with Crippen LogP contribution in [0.3, 0.4) is 0 Å². The van der Waals surface area contributed by atoms with E-state index in [0.717, 1.165) is 28.8 Å². The summed E-state index contributed by atoms with van der Waals surface area (Å²) in [6.45, 7) is 2.08. The molecule has 1 saturated heterocycles. The molecule has 132 valence electrons. The van der Waals surface area contributed by atoms with E-state index < -0.39 is 11.8 Å². The summed E-state index contributed by atoms with van der Waals surface area (Å²) in [5.74, 6) is -1.17. The molecule has 3 rings (SSSR count). The normalized spacial score (nSPS) is 15.6. The summed E-state index contributed by atoms with van der Waals surface area (Å²) >= 11 is 6.32. The molecule has 2 N–H and O–H groups in total. The second-order valence-corrected chi connectivity index (χ2v) is 7.25. The lowest BCUT2D eigenvalue weighted by molar-refractivity contribution is -0.123. The first-order valence-electron chi connectivity index (χ1n) is 7.95. The van der Waals surface area contributed by atoms with Gasteiger partial charge in [0.1, 0.15) is 5.75 Å². The van der Waals surface area contributed by atoms with Crippen molar-refractivity contribution in [3.8, 4) is 5.75 Å². The Morgan fingerprint density at radius 1 is 1.23 bits per heavy atom. The minimum atomic E-state index is -0.604. The Bertz CT molecular complexity index is 907. The Labute approximate surface area is 160 Å². The Hall–Kier alpha value is -2.64. The third kappa shape index (κ3) is 3.79. The zero-order valence-electron chi connectivity index (χ0n) is 13.9. The molecule has 1 aliphatic heterocycles. The maximum Gasteiger partial charge on any atom is 0.285 e. The molecule has 1 fully saturated rings. The molecule has 0 atom stereocenters. The van der Waals surface area contributed by atoms with E-state index in [4.69, 9.17) is 12.2 Å². The molecule has 0 saturated carbocycles. The van der Waals surface area contributed by atoms with E-state index in [0.29, 0.717) is 4.91 Å². The van der Waals surface area contributed by atoms with E-state index in [1.165, 1.54) is 17.7 Å². The highest BCUT2D eigenvalue weighted by atomic mass is 32.2. The Kier molecular flexibility index (Phi) is 5.39. The number of benzene rings is 2. The standard InChI is InChI=1S/C19H16N2O3S2/c1-2-12-7-9-13(10-8-12)11-16-18(24)21(19(25)26-16)20-17(23)14-5-3-4-6-15(14)22/h3-11,22H,2H2,1H3,(H,20,23)/b16-11-. The molecule has 2 aromatic rings. The number of aryl methyl sites for hydroxylation is 1. The number of aromatic hydroxyl groups is 1. The third-order valence-electron chi connectivity index (χ3n) is 3.84. The summed E-state index contributed by atoms with van der Waals surface area (Å²) in [5, 5.41) is 10.8. The number of para-hydroxylation sites is 1. The van der Waals surface area contributed by atoms with E-state index in [2.05, 4.69) is 12.3 Å². The van der Waals surface area contributed by atoms with Crippen LogP contribution in [-0.2, 0) is 11.2 Å². The smallest absolute Gasteiger partial charge is 0.285 e. The maximum absolute atomic E-state index is 12.6. The van der Waals surface area contributed by atoms with Gasteiger partial charge in [-0.25, -0.2) is 0 Å². The van der Waals surface area contributed by atoms with Crippen molar-refractivity contribution in [1.29, 1.82) is 0 Å². The van der Waals surface area contributed by atoms with Crippen molar-refractivity contribution < 1.29 is 14.7 Å². The van der Waals surface area contributed by atoms with Crippen LogP contribution in [0.1, 0.15) is 28.4 Å². The van der Waals surface area contributed by atoms with Gasteiger partial charge in [0.25, 0.3) is 11.8 Å². The molecule has 2 aromatic carbocycles. The lowest BCUT2D eigenvalue weighted by atomic mass is 10.1. The highest BCUT2D eigenvalue weighted by Gasteiger charge is 2.34. The number of thiocarbonyl (C=S) groups is 1. The zero-order valence-corrected chi connectivity index (χ0v) is 15.6. The summed E-state index contributed by atoms with van der Waals surface area (Å²) in [6.07, 6.45) is 2.69. The number of phenols is 1. The Morgan fingerprint density at radius 3 is 2.58 bits per heavy atom. The average Bonchev–Trinajstić information content (AvgIpc) is 2.90. The fourth-order valence-corrected chi connectivity index (χ4v) is 3.57. The monoisotopic (exact) mass is 384 g/mol. The minimum absolute atomic E-state index is 0.0701. The predicted molar refractivity (Wildman–Crippen MR) is 106 cm³/mol. The molecular weight excluding hydrogens is 368 g/mol. The number of hydrogen-bond donors (Lipinski definition) is 2. The van der Waals surface area contributed by atoms with E-state index in [1.54, 1.807) is 18.2 Å². The molecule has 0 aromatic heterocycles. The van der Waals surface area contributed by atoms with E-state index >= 15 is 0 Å². The second-order valence-electron chi connectivity index (χ2n) is 5.57. The molecule has 0 unspecified atom stereocenters. The number of nitrogens with one attached hydrogen (secondary N) is 1.